The third-order valence-corrected chi connectivity index (χ3v) is 5.33. The van der Waals surface area contributed by atoms with E-state index in [1.54, 1.807) is 12.1 Å². The summed E-state index contributed by atoms with van der Waals surface area (Å²) in [4.78, 5) is 5.84. The summed E-state index contributed by atoms with van der Waals surface area (Å²) in [6.07, 6.45) is -2.18. The molecule has 3 aromatic rings. The first-order chi connectivity index (χ1) is 14.3. The molecule has 0 aliphatic carbocycles. The highest BCUT2D eigenvalue weighted by molar-refractivity contribution is 7.99. The molecule has 0 radical (unpaired) electrons. The first-order valence-corrected chi connectivity index (χ1v) is 10.2. The topological polar surface area (TPSA) is 67.1 Å². The van der Waals surface area contributed by atoms with Gasteiger partial charge >= 0.3 is 6.18 Å². The predicted molar refractivity (Wildman–Crippen MR) is 109 cm³/mol. The van der Waals surface area contributed by atoms with Crippen LogP contribution in [0.25, 0.3) is 11.4 Å². The van der Waals surface area contributed by atoms with Crippen LogP contribution < -0.4 is 0 Å². The minimum absolute atomic E-state index is 0.115. The lowest BCUT2D eigenvalue weighted by Crippen LogP contribution is -2.30. The first-order valence-electron chi connectivity index (χ1n) is 9.25. The Hall–Kier alpha value is -2.43. The van der Waals surface area contributed by atoms with E-state index in [-0.39, 0.29) is 16.7 Å². The van der Waals surface area contributed by atoms with Gasteiger partial charge in [-0.25, -0.2) is 0 Å². The number of aromatic nitrogens is 4. The predicted octanol–water partition coefficient (Wildman–Crippen LogP) is 3.49. The van der Waals surface area contributed by atoms with Gasteiger partial charge in [-0.3, -0.25) is 14.5 Å². The molecule has 10 heteroatoms. The van der Waals surface area contributed by atoms with Crippen molar-refractivity contribution in [1.82, 2.24) is 24.6 Å². The van der Waals surface area contributed by atoms with Gasteiger partial charge in [0.1, 0.15) is 6.54 Å². The van der Waals surface area contributed by atoms with E-state index in [1.165, 1.54) is 12.4 Å². The Morgan fingerprint density at radius 1 is 1.10 bits per heavy atom. The van der Waals surface area contributed by atoms with Crippen LogP contribution in [0.3, 0.4) is 0 Å². The van der Waals surface area contributed by atoms with Crippen LogP contribution in [0.15, 0.2) is 60.0 Å². The zero-order chi connectivity index (χ0) is 21.6. The molecular formula is C20H22F3N5OS. The van der Waals surface area contributed by atoms with Crippen molar-refractivity contribution in [2.45, 2.75) is 30.5 Å². The first kappa shape index (κ1) is 22.3. The van der Waals surface area contributed by atoms with Crippen molar-refractivity contribution in [3.8, 4) is 11.4 Å². The molecule has 1 unspecified atom stereocenters. The molecule has 0 amide bonds. The van der Waals surface area contributed by atoms with Gasteiger partial charge in [0.25, 0.3) is 0 Å². The fourth-order valence-electron chi connectivity index (χ4n) is 2.97. The number of aliphatic hydroxyl groups excluding tert-OH is 1. The van der Waals surface area contributed by atoms with Crippen molar-refractivity contribution in [3.63, 3.8) is 0 Å². The molecule has 0 saturated carbocycles. The summed E-state index contributed by atoms with van der Waals surface area (Å²) in [5.74, 6) is 0.318. The Morgan fingerprint density at radius 3 is 2.47 bits per heavy atom. The number of nitrogens with zero attached hydrogens (tertiary/aromatic N) is 5. The van der Waals surface area contributed by atoms with Crippen LogP contribution in [0.4, 0.5) is 13.2 Å². The molecular weight excluding hydrogens is 415 g/mol. The summed E-state index contributed by atoms with van der Waals surface area (Å²) < 4.78 is 40.4. The average molecular weight is 437 g/mol. The van der Waals surface area contributed by atoms with E-state index in [4.69, 9.17) is 0 Å². The van der Waals surface area contributed by atoms with Gasteiger partial charge in [0.2, 0.25) is 0 Å². The molecule has 1 aromatic carbocycles. The second kappa shape index (κ2) is 10.1. The third kappa shape index (κ3) is 6.54. The summed E-state index contributed by atoms with van der Waals surface area (Å²) in [5.41, 5.74) is 1.61. The maximum atomic E-state index is 13.1. The molecule has 1 N–H and O–H groups in total. The molecule has 6 nitrogen and oxygen atoms in total. The monoisotopic (exact) mass is 437 g/mol. The van der Waals surface area contributed by atoms with Crippen molar-refractivity contribution >= 4 is 11.8 Å². The lowest BCUT2D eigenvalue weighted by atomic mass is 10.2. The van der Waals surface area contributed by atoms with Crippen LogP contribution in [0.5, 0.6) is 0 Å². The highest BCUT2D eigenvalue weighted by atomic mass is 32.2. The van der Waals surface area contributed by atoms with Gasteiger partial charge in [-0.15, -0.1) is 10.2 Å². The Bertz CT molecular complexity index is 921. The maximum Gasteiger partial charge on any atom is 0.406 e. The SMILES string of the molecule is CN(Cc1ccccc1)CC(O)CSc1nnc(-c2ccncc2)n1CC(F)(F)F. The van der Waals surface area contributed by atoms with E-state index in [9.17, 15) is 18.3 Å². The van der Waals surface area contributed by atoms with E-state index >= 15 is 0 Å². The number of pyridine rings is 1. The van der Waals surface area contributed by atoms with Crippen LogP contribution in [0.1, 0.15) is 5.56 Å². The van der Waals surface area contributed by atoms with Gasteiger partial charge in [0, 0.05) is 36.8 Å². The fourth-order valence-corrected chi connectivity index (χ4v) is 3.83. The minimum atomic E-state index is -4.42. The van der Waals surface area contributed by atoms with E-state index in [1.807, 2.05) is 42.3 Å². The number of rotatable bonds is 9. The molecule has 2 aromatic heterocycles. The Labute approximate surface area is 176 Å². The van der Waals surface area contributed by atoms with Crippen LogP contribution in [0, 0.1) is 0 Å². The third-order valence-electron chi connectivity index (χ3n) is 4.22. The quantitative estimate of drug-likeness (QED) is 0.517. The van der Waals surface area contributed by atoms with Crippen molar-refractivity contribution < 1.29 is 18.3 Å². The second-order valence-electron chi connectivity index (χ2n) is 6.89. The van der Waals surface area contributed by atoms with E-state index in [2.05, 4.69) is 15.2 Å². The molecule has 0 bridgehead atoms. The Kier molecular flexibility index (Phi) is 7.46. The van der Waals surface area contributed by atoms with Gasteiger partial charge in [0.05, 0.1) is 6.10 Å². The lowest BCUT2D eigenvalue weighted by molar-refractivity contribution is -0.141. The summed E-state index contributed by atoms with van der Waals surface area (Å²) in [6, 6.07) is 13.0. The van der Waals surface area contributed by atoms with E-state index in [0.29, 0.717) is 18.7 Å². The largest absolute Gasteiger partial charge is 0.406 e. The zero-order valence-corrected chi connectivity index (χ0v) is 17.1. The molecule has 3 rings (SSSR count). The standard InChI is InChI=1S/C20H22F3N5OS/c1-27(11-15-5-3-2-4-6-15)12-17(29)13-30-19-26-25-18(16-7-9-24-10-8-16)28(19)14-20(21,22)23/h2-10,17,29H,11-14H2,1H3. The van der Waals surface area contributed by atoms with Crippen LogP contribution >= 0.6 is 11.8 Å². The van der Waals surface area contributed by atoms with Gasteiger partial charge in [-0.05, 0) is 24.7 Å². The number of aliphatic hydroxyl groups is 1. The highest BCUT2D eigenvalue weighted by Gasteiger charge is 2.31. The molecule has 1 atom stereocenters. The minimum Gasteiger partial charge on any atom is -0.391 e. The number of alkyl halides is 3. The zero-order valence-electron chi connectivity index (χ0n) is 16.3. The maximum absolute atomic E-state index is 13.1. The molecule has 0 saturated heterocycles. The average Bonchev–Trinajstić information content (AvgIpc) is 3.08. The summed E-state index contributed by atoms with van der Waals surface area (Å²) in [5, 5.41) is 18.3. The highest BCUT2D eigenvalue weighted by Crippen LogP contribution is 2.28. The normalized spacial score (nSPS) is 13.0. The van der Waals surface area contributed by atoms with Gasteiger partial charge in [-0.1, -0.05) is 42.1 Å². The fraction of sp³-hybridized carbons (Fsp3) is 0.350. The smallest absolute Gasteiger partial charge is 0.391 e. The van der Waals surface area contributed by atoms with Gasteiger partial charge in [-0.2, -0.15) is 13.2 Å². The van der Waals surface area contributed by atoms with E-state index in [0.717, 1.165) is 21.9 Å². The molecule has 0 aliphatic rings. The molecule has 0 aliphatic heterocycles. The van der Waals surface area contributed by atoms with Crippen molar-refractivity contribution in [3.05, 3.63) is 60.4 Å². The summed E-state index contributed by atoms with van der Waals surface area (Å²) in [6.45, 7) is -0.157. The van der Waals surface area contributed by atoms with E-state index < -0.39 is 18.8 Å². The number of hydrogen-bond donors (Lipinski definition) is 1. The number of halogens is 3. The second-order valence-corrected chi connectivity index (χ2v) is 7.88. The van der Waals surface area contributed by atoms with Crippen LogP contribution in [-0.4, -0.2) is 61.4 Å². The summed E-state index contributed by atoms with van der Waals surface area (Å²) >= 11 is 1.06. The number of hydrogen-bond acceptors (Lipinski definition) is 6. The van der Waals surface area contributed by atoms with Crippen molar-refractivity contribution in [2.75, 3.05) is 19.3 Å². The number of benzene rings is 1. The van der Waals surface area contributed by atoms with Crippen LogP contribution in [0.2, 0.25) is 0 Å². The Balaban J connectivity index is 1.65. The van der Waals surface area contributed by atoms with Crippen molar-refractivity contribution in [2.24, 2.45) is 0 Å². The number of likely N-dealkylation sites (N-methyl/N-ethyl adjacent to an activating group) is 1. The molecule has 30 heavy (non-hydrogen) atoms. The van der Waals surface area contributed by atoms with Crippen LogP contribution in [-0.2, 0) is 13.1 Å². The molecule has 160 valence electrons. The number of thioether (sulfide) groups is 1. The van der Waals surface area contributed by atoms with Gasteiger partial charge in [0.15, 0.2) is 11.0 Å². The molecule has 0 spiro atoms. The summed E-state index contributed by atoms with van der Waals surface area (Å²) in [7, 11) is 1.88. The molecule has 2 heterocycles. The van der Waals surface area contributed by atoms with Crippen molar-refractivity contribution in [1.29, 1.82) is 0 Å². The molecule has 0 fully saturated rings. The van der Waals surface area contributed by atoms with Gasteiger partial charge < -0.3 is 5.11 Å². The Morgan fingerprint density at radius 2 is 1.80 bits per heavy atom. The lowest BCUT2D eigenvalue weighted by Gasteiger charge is -2.20.